The van der Waals surface area contributed by atoms with Gasteiger partial charge in [0.1, 0.15) is 0 Å². The number of anilines is 1. The predicted octanol–water partition coefficient (Wildman–Crippen LogP) is 2.47. The maximum absolute atomic E-state index is 11.7. The molecule has 0 bridgehead atoms. The lowest BCUT2D eigenvalue weighted by Crippen LogP contribution is -2.11. The van der Waals surface area contributed by atoms with Crippen molar-refractivity contribution in [3.8, 4) is 22.6 Å². The van der Waals surface area contributed by atoms with Crippen molar-refractivity contribution in [2.24, 2.45) is 5.73 Å². The zero-order valence-corrected chi connectivity index (χ0v) is 12.1. The van der Waals surface area contributed by atoms with Crippen LogP contribution in [-0.2, 0) is 0 Å². The van der Waals surface area contributed by atoms with Crippen LogP contribution in [0.15, 0.2) is 42.6 Å². The zero-order chi connectivity index (χ0) is 15.7. The lowest BCUT2D eigenvalue weighted by atomic mass is 10.1. The molecule has 1 amide bonds. The van der Waals surface area contributed by atoms with E-state index in [1.807, 2.05) is 0 Å². The molecule has 0 radical (unpaired) electrons. The van der Waals surface area contributed by atoms with Crippen LogP contribution in [-0.4, -0.2) is 20.9 Å². The van der Waals surface area contributed by atoms with Crippen LogP contribution in [0.1, 0.15) is 10.4 Å². The van der Waals surface area contributed by atoms with Crippen LogP contribution in [0, 0.1) is 0 Å². The highest BCUT2D eigenvalue weighted by Gasteiger charge is 2.16. The first-order chi connectivity index (χ1) is 10.5. The number of hydrogen-bond donors (Lipinski definition) is 3. The van der Waals surface area contributed by atoms with Crippen LogP contribution in [0.3, 0.4) is 0 Å². The molecular formula is C15H12ClN5O. The summed E-state index contributed by atoms with van der Waals surface area (Å²) in [5, 5.41) is 0.611. The molecule has 2 aromatic heterocycles. The molecule has 5 N–H and O–H groups in total. The summed E-state index contributed by atoms with van der Waals surface area (Å²) in [7, 11) is 0. The van der Waals surface area contributed by atoms with Crippen molar-refractivity contribution in [2.45, 2.75) is 0 Å². The minimum atomic E-state index is -0.533. The number of aromatic nitrogens is 3. The van der Waals surface area contributed by atoms with E-state index in [4.69, 9.17) is 23.1 Å². The molecule has 110 valence electrons. The third kappa shape index (κ3) is 2.64. The summed E-state index contributed by atoms with van der Waals surface area (Å²) in [6.07, 6.45) is 1.55. The molecule has 0 unspecified atom stereocenters. The highest BCUT2D eigenvalue weighted by molar-refractivity contribution is 6.30. The first kappa shape index (κ1) is 14.1. The first-order valence-electron chi connectivity index (χ1n) is 6.42. The number of carbonyl (C=O) groups is 1. The summed E-state index contributed by atoms with van der Waals surface area (Å²) in [6.45, 7) is 0. The van der Waals surface area contributed by atoms with Gasteiger partial charge in [-0.2, -0.15) is 0 Å². The normalized spacial score (nSPS) is 10.6. The Bertz CT molecular complexity index is 841. The summed E-state index contributed by atoms with van der Waals surface area (Å²) in [4.78, 5) is 22.8. The number of nitrogens with one attached hydrogen (secondary N) is 1. The predicted molar refractivity (Wildman–Crippen MR) is 85.2 cm³/mol. The van der Waals surface area contributed by atoms with Gasteiger partial charge in [-0.1, -0.05) is 23.7 Å². The number of rotatable bonds is 3. The minimum Gasteiger partial charge on any atom is -0.368 e. The molecule has 6 nitrogen and oxygen atoms in total. The fourth-order valence-corrected chi connectivity index (χ4v) is 2.28. The largest absolute Gasteiger partial charge is 0.368 e. The summed E-state index contributed by atoms with van der Waals surface area (Å²) in [5.74, 6) is -0.379. The topological polar surface area (TPSA) is 111 Å². The number of nitrogen functional groups attached to an aromatic ring is 1. The van der Waals surface area contributed by atoms with Gasteiger partial charge in [0.25, 0.3) is 5.91 Å². The molecule has 0 spiro atoms. The maximum Gasteiger partial charge on any atom is 0.250 e. The van der Waals surface area contributed by atoms with E-state index >= 15 is 0 Å². The molecule has 7 heteroatoms. The van der Waals surface area contributed by atoms with Gasteiger partial charge in [0.05, 0.1) is 22.6 Å². The van der Waals surface area contributed by atoms with E-state index in [1.165, 1.54) is 0 Å². The van der Waals surface area contributed by atoms with Gasteiger partial charge < -0.3 is 16.5 Å². The van der Waals surface area contributed by atoms with Crippen LogP contribution in [0.25, 0.3) is 22.6 Å². The summed E-state index contributed by atoms with van der Waals surface area (Å²) < 4.78 is 0. The number of primary amides is 1. The van der Waals surface area contributed by atoms with Gasteiger partial charge in [-0.15, -0.1) is 0 Å². The maximum atomic E-state index is 11.7. The van der Waals surface area contributed by atoms with Crippen LogP contribution < -0.4 is 11.5 Å². The van der Waals surface area contributed by atoms with E-state index in [0.717, 1.165) is 5.56 Å². The van der Waals surface area contributed by atoms with E-state index in [2.05, 4.69) is 15.0 Å². The third-order valence-corrected chi connectivity index (χ3v) is 3.42. The number of halogens is 1. The number of amides is 1. The van der Waals surface area contributed by atoms with Crippen LogP contribution in [0.5, 0.6) is 0 Å². The Morgan fingerprint density at radius 3 is 2.55 bits per heavy atom. The average Bonchev–Trinajstić information content (AvgIpc) is 2.93. The molecule has 0 aliphatic rings. The highest BCUT2D eigenvalue weighted by atomic mass is 35.5. The number of benzene rings is 1. The summed E-state index contributed by atoms with van der Waals surface area (Å²) in [5.41, 5.74) is 14.0. The number of aromatic amines is 1. The monoisotopic (exact) mass is 313 g/mol. The van der Waals surface area contributed by atoms with Gasteiger partial charge in [0.15, 0.2) is 0 Å². The minimum absolute atomic E-state index is 0.153. The Labute approximate surface area is 131 Å². The van der Waals surface area contributed by atoms with Crippen molar-refractivity contribution in [3.63, 3.8) is 0 Å². The number of hydrogen-bond acceptors (Lipinski definition) is 4. The average molecular weight is 314 g/mol. The molecule has 22 heavy (non-hydrogen) atoms. The van der Waals surface area contributed by atoms with E-state index in [1.54, 1.807) is 42.6 Å². The fourth-order valence-electron chi connectivity index (χ4n) is 2.15. The quantitative estimate of drug-likeness (QED) is 0.689. The van der Waals surface area contributed by atoms with Crippen molar-refractivity contribution in [1.82, 2.24) is 15.0 Å². The van der Waals surface area contributed by atoms with Crippen molar-refractivity contribution < 1.29 is 4.79 Å². The molecule has 0 fully saturated rings. The molecule has 0 aliphatic carbocycles. The van der Waals surface area contributed by atoms with E-state index in [-0.39, 0.29) is 5.95 Å². The number of carbonyl (C=O) groups excluding carboxylic acids is 1. The summed E-state index contributed by atoms with van der Waals surface area (Å²) in [6, 6.07) is 10.4. The Balaban J connectivity index is 2.14. The number of nitrogens with two attached hydrogens (primary N) is 2. The van der Waals surface area contributed by atoms with E-state index in [0.29, 0.717) is 27.7 Å². The lowest BCUT2D eigenvalue weighted by Gasteiger charge is -2.02. The van der Waals surface area contributed by atoms with E-state index in [9.17, 15) is 4.79 Å². The highest BCUT2D eigenvalue weighted by Crippen LogP contribution is 2.29. The molecule has 0 saturated heterocycles. The standard InChI is InChI=1S/C15H12ClN5O/c16-9-3-1-8(2-4-9)13-10(14(17)22)7-12(20-13)11-5-6-19-15(18)21-11/h1-7,20H,(H2,17,22)(H2,18,19,21). The molecule has 3 rings (SSSR count). The fraction of sp³-hybridized carbons (Fsp3) is 0. The Morgan fingerprint density at radius 1 is 1.18 bits per heavy atom. The van der Waals surface area contributed by atoms with E-state index < -0.39 is 5.91 Å². The summed E-state index contributed by atoms with van der Waals surface area (Å²) >= 11 is 5.89. The number of H-pyrrole nitrogens is 1. The van der Waals surface area contributed by atoms with Gasteiger partial charge in [-0.25, -0.2) is 9.97 Å². The molecule has 2 heterocycles. The Hall–Kier alpha value is -2.86. The number of nitrogens with zero attached hydrogens (tertiary/aromatic N) is 2. The third-order valence-electron chi connectivity index (χ3n) is 3.17. The van der Waals surface area contributed by atoms with Gasteiger partial charge >= 0.3 is 0 Å². The van der Waals surface area contributed by atoms with Gasteiger partial charge in [0, 0.05) is 11.2 Å². The molecule has 0 saturated carbocycles. The molecule has 3 aromatic rings. The molecule has 0 atom stereocenters. The van der Waals surface area contributed by atoms with Crippen LogP contribution >= 0.6 is 11.6 Å². The Kier molecular flexibility index (Phi) is 3.52. The second kappa shape index (κ2) is 5.50. The Morgan fingerprint density at radius 2 is 1.91 bits per heavy atom. The zero-order valence-electron chi connectivity index (χ0n) is 11.4. The van der Waals surface area contributed by atoms with Crippen molar-refractivity contribution in [2.75, 3.05) is 5.73 Å². The van der Waals surface area contributed by atoms with Gasteiger partial charge in [-0.05, 0) is 29.8 Å². The van der Waals surface area contributed by atoms with Crippen molar-refractivity contribution >= 4 is 23.5 Å². The van der Waals surface area contributed by atoms with Crippen LogP contribution in [0.2, 0.25) is 5.02 Å². The second-order valence-electron chi connectivity index (χ2n) is 4.64. The second-order valence-corrected chi connectivity index (χ2v) is 5.08. The van der Waals surface area contributed by atoms with Crippen molar-refractivity contribution in [3.05, 3.63) is 53.2 Å². The smallest absolute Gasteiger partial charge is 0.250 e. The molecule has 1 aromatic carbocycles. The lowest BCUT2D eigenvalue weighted by molar-refractivity contribution is 0.100. The van der Waals surface area contributed by atoms with Crippen LogP contribution in [0.4, 0.5) is 5.95 Å². The molecular weight excluding hydrogens is 302 g/mol. The van der Waals surface area contributed by atoms with Gasteiger partial charge in [-0.3, -0.25) is 4.79 Å². The molecule has 0 aliphatic heterocycles. The van der Waals surface area contributed by atoms with Gasteiger partial charge in [0.2, 0.25) is 5.95 Å². The van der Waals surface area contributed by atoms with Crippen molar-refractivity contribution in [1.29, 1.82) is 0 Å². The SMILES string of the molecule is NC(=O)c1cc(-c2ccnc(N)n2)[nH]c1-c1ccc(Cl)cc1. The first-order valence-corrected chi connectivity index (χ1v) is 6.80.